The van der Waals surface area contributed by atoms with E-state index >= 15 is 0 Å². The number of thiophene rings is 1. The van der Waals surface area contributed by atoms with Crippen LogP contribution in [0.3, 0.4) is 0 Å². The molecule has 2 rings (SSSR count). The summed E-state index contributed by atoms with van der Waals surface area (Å²) < 4.78 is 1.03. The first-order valence-electron chi connectivity index (χ1n) is 6.08. The number of hydrogen-bond acceptors (Lipinski definition) is 3. The quantitative estimate of drug-likeness (QED) is 0.900. The maximum atomic E-state index is 4.45. The van der Waals surface area contributed by atoms with Crippen LogP contribution in [0.15, 0.2) is 34.2 Å². The number of nitrogens with one attached hydrogen (secondary N) is 1. The van der Waals surface area contributed by atoms with Crippen molar-refractivity contribution in [1.82, 2.24) is 10.3 Å². The molecule has 0 aliphatic rings. The van der Waals surface area contributed by atoms with E-state index in [1.54, 1.807) is 0 Å². The van der Waals surface area contributed by atoms with Crippen molar-refractivity contribution in [2.24, 2.45) is 0 Å². The normalized spacial score (nSPS) is 12.6. The van der Waals surface area contributed by atoms with Crippen LogP contribution in [0.25, 0.3) is 0 Å². The fourth-order valence-electron chi connectivity index (χ4n) is 2.01. The first kappa shape index (κ1) is 13.7. The molecule has 0 fully saturated rings. The molecular formula is C14H17BrN2S. The second kappa shape index (κ2) is 6.45. The van der Waals surface area contributed by atoms with Gasteiger partial charge in [0.25, 0.3) is 0 Å². The fraction of sp³-hybridized carbons (Fsp3) is 0.357. The maximum absolute atomic E-state index is 4.45. The fourth-order valence-corrected chi connectivity index (χ4v) is 3.35. The van der Waals surface area contributed by atoms with Gasteiger partial charge in [0.2, 0.25) is 0 Å². The second-order valence-electron chi connectivity index (χ2n) is 4.18. The number of nitrogens with zero attached hydrogens (tertiary/aromatic N) is 1. The molecule has 4 heteroatoms. The molecule has 0 aromatic carbocycles. The smallest absolute Gasteiger partial charge is 0.0471 e. The highest BCUT2D eigenvalue weighted by Crippen LogP contribution is 2.27. The molecule has 2 aromatic rings. The topological polar surface area (TPSA) is 24.9 Å². The average molecular weight is 325 g/mol. The van der Waals surface area contributed by atoms with Crippen molar-refractivity contribution in [1.29, 1.82) is 0 Å². The molecule has 0 saturated carbocycles. The minimum absolute atomic E-state index is 0.355. The van der Waals surface area contributed by atoms with Gasteiger partial charge in [0, 0.05) is 33.7 Å². The highest BCUT2D eigenvalue weighted by Gasteiger charge is 2.15. The van der Waals surface area contributed by atoms with Crippen LogP contribution >= 0.6 is 27.3 Å². The summed E-state index contributed by atoms with van der Waals surface area (Å²) in [5, 5.41) is 5.58. The summed E-state index contributed by atoms with van der Waals surface area (Å²) in [5.74, 6) is 0. The Kier molecular flexibility index (Phi) is 4.92. The third-order valence-electron chi connectivity index (χ3n) is 3.03. The van der Waals surface area contributed by atoms with Crippen LogP contribution in [0.4, 0.5) is 0 Å². The third kappa shape index (κ3) is 3.19. The van der Waals surface area contributed by atoms with Crippen molar-refractivity contribution in [2.45, 2.75) is 25.8 Å². The number of rotatable bonds is 5. The Morgan fingerprint density at radius 2 is 2.22 bits per heavy atom. The molecule has 0 bridgehead atoms. The van der Waals surface area contributed by atoms with Crippen LogP contribution < -0.4 is 5.32 Å². The largest absolute Gasteiger partial charge is 0.312 e. The van der Waals surface area contributed by atoms with Crippen LogP contribution in [0.2, 0.25) is 0 Å². The number of aromatic nitrogens is 1. The van der Waals surface area contributed by atoms with Gasteiger partial charge in [0.15, 0.2) is 0 Å². The number of likely N-dealkylation sites (N-methyl/N-ethyl adjacent to an activating group) is 1. The minimum Gasteiger partial charge on any atom is -0.312 e. The molecule has 0 aliphatic carbocycles. The average Bonchev–Trinajstić information content (AvgIpc) is 2.86. The summed E-state index contributed by atoms with van der Waals surface area (Å²) >= 11 is 5.24. The Balaban J connectivity index is 2.17. The molecule has 2 aromatic heterocycles. The van der Waals surface area contributed by atoms with Gasteiger partial charge in [-0.2, -0.15) is 0 Å². The summed E-state index contributed by atoms with van der Waals surface area (Å²) in [6, 6.07) is 6.70. The minimum atomic E-state index is 0.355. The van der Waals surface area contributed by atoms with Gasteiger partial charge in [0.1, 0.15) is 0 Å². The summed E-state index contributed by atoms with van der Waals surface area (Å²) in [5.41, 5.74) is 2.56. The van der Waals surface area contributed by atoms with Gasteiger partial charge in [-0.1, -0.05) is 6.92 Å². The zero-order chi connectivity index (χ0) is 13.0. The van der Waals surface area contributed by atoms with Crippen molar-refractivity contribution in [3.8, 4) is 0 Å². The molecular weight excluding hydrogens is 308 g/mol. The van der Waals surface area contributed by atoms with E-state index < -0.39 is 0 Å². The highest BCUT2D eigenvalue weighted by molar-refractivity contribution is 9.10. The molecule has 96 valence electrons. The predicted octanol–water partition coefficient (Wildman–Crippen LogP) is 3.97. The van der Waals surface area contributed by atoms with Crippen LogP contribution in [0, 0.1) is 0 Å². The Bertz CT molecular complexity index is 493. The summed E-state index contributed by atoms with van der Waals surface area (Å²) in [7, 11) is 2.02. The van der Waals surface area contributed by atoms with Crippen molar-refractivity contribution >= 4 is 27.3 Å². The SMILES string of the molecule is CCc1ccsc1C(Cc1ccc(Br)cn1)NC. The lowest BCUT2D eigenvalue weighted by atomic mass is 10.0. The Labute approximate surface area is 121 Å². The number of halogens is 1. The lowest BCUT2D eigenvalue weighted by Crippen LogP contribution is -2.19. The van der Waals surface area contributed by atoms with Gasteiger partial charge in [-0.3, -0.25) is 4.98 Å². The van der Waals surface area contributed by atoms with Gasteiger partial charge in [-0.05, 0) is 58.5 Å². The zero-order valence-corrected chi connectivity index (χ0v) is 13.0. The van der Waals surface area contributed by atoms with Crippen molar-refractivity contribution in [2.75, 3.05) is 7.05 Å². The second-order valence-corrected chi connectivity index (χ2v) is 6.04. The Hall–Kier alpha value is -0.710. The van der Waals surface area contributed by atoms with E-state index in [0.717, 1.165) is 23.0 Å². The van der Waals surface area contributed by atoms with Gasteiger partial charge in [-0.25, -0.2) is 0 Å². The van der Waals surface area contributed by atoms with E-state index in [1.165, 1.54) is 10.4 Å². The number of aryl methyl sites for hydroxylation is 1. The van der Waals surface area contributed by atoms with Crippen LogP contribution in [0.5, 0.6) is 0 Å². The van der Waals surface area contributed by atoms with Gasteiger partial charge in [0.05, 0.1) is 0 Å². The van der Waals surface area contributed by atoms with Crippen molar-refractivity contribution in [3.05, 3.63) is 50.4 Å². The van der Waals surface area contributed by atoms with Crippen LogP contribution in [0.1, 0.15) is 29.1 Å². The Morgan fingerprint density at radius 1 is 1.39 bits per heavy atom. The number of hydrogen-bond donors (Lipinski definition) is 1. The summed E-state index contributed by atoms with van der Waals surface area (Å²) in [6.45, 7) is 2.20. The van der Waals surface area contributed by atoms with Crippen LogP contribution in [-0.4, -0.2) is 12.0 Å². The van der Waals surface area contributed by atoms with E-state index in [0.29, 0.717) is 6.04 Å². The van der Waals surface area contributed by atoms with E-state index in [-0.39, 0.29) is 0 Å². The number of pyridine rings is 1. The zero-order valence-electron chi connectivity index (χ0n) is 10.6. The molecule has 2 heterocycles. The molecule has 18 heavy (non-hydrogen) atoms. The predicted molar refractivity (Wildman–Crippen MR) is 81.1 cm³/mol. The van der Waals surface area contributed by atoms with Gasteiger partial charge in [-0.15, -0.1) is 11.3 Å². The summed E-state index contributed by atoms with van der Waals surface area (Å²) in [6.07, 6.45) is 3.87. The van der Waals surface area contributed by atoms with Gasteiger partial charge >= 0.3 is 0 Å². The molecule has 1 atom stereocenters. The monoisotopic (exact) mass is 324 g/mol. The van der Waals surface area contributed by atoms with Crippen LogP contribution in [-0.2, 0) is 12.8 Å². The lowest BCUT2D eigenvalue weighted by molar-refractivity contribution is 0.590. The maximum Gasteiger partial charge on any atom is 0.0471 e. The van der Waals surface area contributed by atoms with E-state index in [4.69, 9.17) is 0 Å². The molecule has 2 nitrogen and oxygen atoms in total. The highest BCUT2D eigenvalue weighted by atomic mass is 79.9. The van der Waals surface area contributed by atoms with E-state index in [1.807, 2.05) is 30.6 Å². The van der Waals surface area contributed by atoms with Crippen molar-refractivity contribution < 1.29 is 0 Å². The van der Waals surface area contributed by atoms with E-state index in [2.05, 4.69) is 50.7 Å². The first-order valence-corrected chi connectivity index (χ1v) is 7.75. The standard InChI is InChI=1S/C14H17BrN2S/c1-3-10-6-7-18-14(10)13(16-2)8-12-5-4-11(15)9-17-12/h4-7,9,13,16H,3,8H2,1-2H3. The third-order valence-corrected chi connectivity index (χ3v) is 4.57. The molecule has 0 radical (unpaired) electrons. The first-order chi connectivity index (χ1) is 8.74. The molecule has 0 amide bonds. The molecule has 1 unspecified atom stereocenters. The van der Waals surface area contributed by atoms with E-state index in [9.17, 15) is 0 Å². The molecule has 0 saturated heterocycles. The molecule has 0 aliphatic heterocycles. The Morgan fingerprint density at radius 3 is 2.83 bits per heavy atom. The lowest BCUT2D eigenvalue weighted by Gasteiger charge is -2.16. The van der Waals surface area contributed by atoms with Crippen molar-refractivity contribution in [3.63, 3.8) is 0 Å². The summed E-state index contributed by atoms with van der Waals surface area (Å²) in [4.78, 5) is 5.88. The van der Waals surface area contributed by atoms with Gasteiger partial charge < -0.3 is 5.32 Å². The molecule has 0 spiro atoms. The molecule has 1 N–H and O–H groups in total.